The van der Waals surface area contributed by atoms with Gasteiger partial charge in [0.1, 0.15) is 0 Å². The average molecular weight is 1960 g/mol. The van der Waals surface area contributed by atoms with Crippen molar-refractivity contribution in [2.75, 3.05) is 19.6 Å². The van der Waals surface area contributed by atoms with Gasteiger partial charge in [-0.3, -0.25) is 9.97 Å². The Labute approximate surface area is 863 Å². The fourth-order valence-corrected chi connectivity index (χ4v) is 21.2. The van der Waals surface area contributed by atoms with Crippen molar-refractivity contribution in [2.45, 2.75) is 44.4 Å². The molecule has 2 aromatic heterocycles. The van der Waals surface area contributed by atoms with Crippen LogP contribution < -0.4 is 29.2 Å². The van der Waals surface area contributed by atoms with Crippen molar-refractivity contribution >= 4 is 177 Å². The average Bonchev–Trinajstić information content (AvgIpc) is 1.47. The molecule has 0 bridgehead atoms. The number of fused-ring (bicyclic) bond motifs is 10. The van der Waals surface area contributed by atoms with Crippen molar-refractivity contribution in [2.24, 2.45) is 0 Å². The smallest absolute Gasteiger partial charge is 0.399 e. The van der Waals surface area contributed by atoms with Gasteiger partial charge in [0.25, 0.3) is 0 Å². The van der Waals surface area contributed by atoms with E-state index in [1.165, 1.54) is 94.6 Å². The molecule has 0 spiro atoms. The summed E-state index contributed by atoms with van der Waals surface area (Å²) in [5.41, 5.74) is 21.0. The summed E-state index contributed by atoms with van der Waals surface area (Å²) in [4.78, 5) is 18.3. The summed E-state index contributed by atoms with van der Waals surface area (Å²) < 4.78 is 77.6. The quantitative estimate of drug-likeness (QED) is 0.0240. The topological polar surface area (TPSA) is 101 Å². The van der Waals surface area contributed by atoms with Crippen LogP contribution >= 0.6 is 0 Å². The van der Waals surface area contributed by atoms with E-state index < -0.39 is 39.7 Å². The second-order valence-electron chi connectivity index (χ2n) is 38.0. The first-order valence-corrected chi connectivity index (χ1v) is 51.1. The Hall–Kier alpha value is -18.1. The van der Waals surface area contributed by atoms with Crippen molar-refractivity contribution < 1.29 is 35.1 Å². The second kappa shape index (κ2) is 40.2. The van der Waals surface area contributed by atoms with Gasteiger partial charge in [0.2, 0.25) is 0 Å². The van der Waals surface area contributed by atoms with E-state index in [0.717, 1.165) is 118 Å². The number of hydrogen-bond donors (Lipinski definition) is 0. The van der Waals surface area contributed by atoms with Crippen LogP contribution in [0.5, 0.6) is 5.75 Å². The highest BCUT2D eigenvalue weighted by Gasteiger charge is 2.52. The van der Waals surface area contributed by atoms with E-state index in [0.29, 0.717) is 16.3 Å². The predicted octanol–water partition coefficient (Wildman–Crippen LogP) is 35.8. The Morgan fingerprint density at radius 2 is 0.517 bits per heavy atom. The zero-order chi connectivity index (χ0) is 101. The zero-order valence-corrected chi connectivity index (χ0v) is 82.8. The molecule has 1 fully saturated rings. The number of aromatic nitrogens is 2. The zero-order valence-electron chi connectivity index (χ0n) is 82.0. The van der Waals surface area contributed by atoms with Crippen molar-refractivity contribution in [3.05, 3.63) is 522 Å². The van der Waals surface area contributed by atoms with Gasteiger partial charge in [-0.2, -0.15) is 21.6 Å². The Kier molecular flexibility index (Phi) is 25.5. The molecule has 0 amide bonds. The number of halogens is 3. The SMILES string of the molecule is CC1(C)OB(c2ccc3c(-c4ccc(N(c5ccccc5)c5ccccc5)cc4)c4ccccc4c(-c4ccc(N(c5ccccc5)c5ccccc5)cc4)c3c2)OC1(C)C.O=S(=O)(Oc1cccc2ccc3cccnc3c12)C(F)(F)F.c1ccc(N(c2ccccc2)c2ccc(-c3c4ccccc4c(-c4ccc(N(c5ccccc5)c5ccccc5)cc4)c4cc(-c5cccc6ccc7cccnc7c56)ccc34)cc2)cc1. The van der Waals surface area contributed by atoms with E-state index in [1.807, 2.05) is 12.3 Å². The standard InChI is InChI=1S/C63H43N3.C56H47BN2O2.C14H8F3NO3S/c1-5-19-49(20-6-1)65(50-21-7-2-8-22-50)53-37-32-45(33-38-53)60-56-27-13-14-28-57(56)61(46-34-39-54(40-35-46)66(51-23-9-3-10-24-51)52-25-11-4-12-26-52)59-43-48(36-41-58(59)60)55-29-15-17-44-30-31-47-18-16-42-64-63(47)62(44)55;1-55(2)56(3,4)61-57(60-55)42-33-38-51-52(39-42)54(41-31-36-48(37-32-41)59(45-23-13-7-14-24-45)46-25-15-8-16-26-46)50-28-18-17-27-49(50)53(51)40-29-34-47(35-30-40)58(43-19-9-5-10-20-43)44-21-11-6-12-22-44;15-14(16,17)22(19,20)21-11-5-1-3-9-6-7-10-4-2-8-18-13(10)12(9)11/h1-43H;5-39H,1-4H3;1-8H. The van der Waals surface area contributed by atoms with Crippen LogP contribution in [0.25, 0.3) is 142 Å². The van der Waals surface area contributed by atoms with Gasteiger partial charge in [-0.15, -0.1) is 0 Å². The van der Waals surface area contributed by atoms with Crippen LogP contribution in [0.15, 0.2) is 522 Å². The maximum absolute atomic E-state index is 12.5. The minimum absolute atomic E-state index is 0.216. The van der Waals surface area contributed by atoms with Gasteiger partial charge < -0.3 is 33.1 Å². The molecule has 0 unspecified atom stereocenters. The summed E-state index contributed by atoms with van der Waals surface area (Å²) in [5.74, 6) is -0.404. The van der Waals surface area contributed by atoms with E-state index in [2.05, 4.69) is 518 Å². The third kappa shape index (κ3) is 18.5. The summed E-state index contributed by atoms with van der Waals surface area (Å²) in [6.07, 6.45) is 3.37. The van der Waals surface area contributed by atoms with E-state index in [4.69, 9.17) is 14.3 Å². The maximum atomic E-state index is 12.5. The maximum Gasteiger partial charge on any atom is 0.534 e. The highest BCUT2D eigenvalue weighted by atomic mass is 32.2. The molecule has 1 aliphatic rings. The fourth-order valence-electron chi connectivity index (χ4n) is 20.7. The molecule has 1 aliphatic heterocycles. The van der Waals surface area contributed by atoms with E-state index >= 15 is 0 Å². The number of benzene rings is 22. The lowest BCUT2D eigenvalue weighted by molar-refractivity contribution is -0.0499. The van der Waals surface area contributed by atoms with Crippen LogP contribution in [0, 0.1) is 0 Å². The molecule has 1 saturated heterocycles. The van der Waals surface area contributed by atoms with Crippen LogP contribution in [-0.4, -0.2) is 42.2 Å². The first kappa shape index (κ1) is 94.5. The van der Waals surface area contributed by atoms with Crippen molar-refractivity contribution in [1.29, 1.82) is 0 Å². The highest BCUT2D eigenvalue weighted by Crippen LogP contribution is 2.52. The van der Waals surface area contributed by atoms with Crippen molar-refractivity contribution in [3.8, 4) is 61.4 Å². The number of nitrogens with zero attached hydrogens (tertiary/aromatic N) is 6. The van der Waals surface area contributed by atoms with Crippen molar-refractivity contribution in [3.63, 3.8) is 0 Å². The molecule has 149 heavy (non-hydrogen) atoms. The molecule has 0 atom stereocenters. The molecule has 720 valence electrons. The molecule has 22 aromatic carbocycles. The lowest BCUT2D eigenvalue weighted by Gasteiger charge is -2.32. The fraction of sp³-hybridized carbons (Fsp3) is 0.0526. The third-order valence-corrected chi connectivity index (χ3v) is 29.3. The minimum atomic E-state index is -5.74. The highest BCUT2D eigenvalue weighted by molar-refractivity contribution is 7.88. The molecule has 25 rings (SSSR count). The summed E-state index contributed by atoms with van der Waals surface area (Å²) in [7, 11) is -6.23. The predicted molar refractivity (Wildman–Crippen MR) is 612 cm³/mol. The summed E-state index contributed by atoms with van der Waals surface area (Å²) in [6, 6.07) is 179. The van der Waals surface area contributed by atoms with E-state index in [-0.39, 0.29) is 5.39 Å². The Balaban J connectivity index is 0.000000136. The normalized spacial score (nSPS) is 12.8. The Bertz CT molecular complexity index is 8990. The molecule has 3 heterocycles. The van der Waals surface area contributed by atoms with Crippen LogP contribution in [0.3, 0.4) is 0 Å². The number of rotatable bonds is 20. The minimum Gasteiger partial charge on any atom is -0.399 e. The number of alkyl halides is 3. The van der Waals surface area contributed by atoms with Crippen LogP contribution in [0.2, 0.25) is 0 Å². The lowest BCUT2D eigenvalue weighted by atomic mass is 9.76. The summed E-state index contributed by atoms with van der Waals surface area (Å²) >= 11 is 0. The summed E-state index contributed by atoms with van der Waals surface area (Å²) in [5, 5.41) is 14.4. The molecule has 0 N–H and O–H groups in total. The van der Waals surface area contributed by atoms with E-state index in [1.54, 1.807) is 30.3 Å². The first-order valence-electron chi connectivity index (χ1n) is 49.7. The number of para-hydroxylation sites is 8. The molecule has 24 aromatic rings. The molecule has 11 nitrogen and oxygen atoms in total. The molecule has 0 radical (unpaired) electrons. The van der Waals surface area contributed by atoms with Gasteiger partial charge in [0.15, 0.2) is 5.75 Å². The molecule has 0 aliphatic carbocycles. The Morgan fingerprint density at radius 1 is 0.255 bits per heavy atom. The largest absolute Gasteiger partial charge is 0.534 e. The number of anilines is 12. The van der Waals surface area contributed by atoms with Crippen LogP contribution in [0.4, 0.5) is 81.4 Å². The second-order valence-corrected chi connectivity index (χ2v) is 39.5. The van der Waals surface area contributed by atoms with Crippen molar-refractivity contribution in [1.82, 2.24) is 9.97 Å². The number of pyridine rings is 2. The van der Waals surface area contributed by atoms with Gasteiger partial charge in [-0.05, 0) is 313 Å². The van der Waals surface area contributed by atoms with E-state index in [9.17, 15) is 21.6 Å². The van der Waals surface area contributed by atoms with Gasteiger partial charge in [0, 0.05) is 96.8 Å². The van der Waals surface area contributed by atoms with Gasteiger partial charge >= 0.3 is 22.7 Å². The Morgan fingerprint density at radius 3 is 0.852 bits per heavy atom. The monoisotopic (exact) mass is 1960 g/mol. The van der Waals surface area contributed by atoms with Gasteiger partial charge in [-0.1, -0.05) is 340 Å². The van der Waals surface area contributed by atoms with Crippen LogP contribution in [0.1, 0.15) is 27.7 Å². The van der Waals surface area contributed by atoms with Gasteiger partial charge in [-0.25, -0.2) is 0 Å². The summed E-state index contributed by atoms with van der Waals surface area (Å²) in [6.45, 7) is 8.45. The molecular formula is C133H98BF3N6O5S. The van der Waals surface area contributed by atoms with Crippen LogP contribution in [-0.2, 0) is 19.4 Å². The molecule has 0 saturated carbocycles. The molecular weight excluding hydrogens is 1860 g/mol. The lowest BCUT2D eigenvalue weighted by Crippen LogP contribution is -2.41. The van der Waals surface area contributed by atoms with Gasteiger partial charge in [0.05, 0.1) is 27.6 Å². The first-order chi connectivity index (χ1) is 72.8. The number of hydrogen-bond acceptors (Lipinski definition) is 11. The molecule has 16 heteroatoms. The third-order valence-electron chi connectivity index (χ3n) is 28.4.